The summed E-state index contributed by atoms with van der Waals surface area (Å²) in [6, 6.07) is 9.78. The van der Waals surface area contributed by atoms with Crippen LogP contribution in [-0.4, -0.2) is 62.8 Å². The summed E-state index contributed by atoms with van der Waals surface area (Å²) in [5.41, 5.74) is 2.01. The van der Waals surface area contributed by atoms with E-state index in [-0.39, 0.29) is 11.8 Å². The first-order chi connectivity index (χ1) is 17.4. The molecule has 1 atom stereocenters. The molecule has 36 heavy (non-hydrogen) atoms. The lowest BCUT2D eigenvalue weighted by molar-refractivity contribution is -0.136. The van der Waals surface area contributed by atoms with Gasteiger partial charge in [0.1, 0.15) is 0 Å². The number of benzene rings is 2. The summed E-state index contributed by atoms with van der Waals surface area (Å²) in [6.07, 6.45) is 1.65. The standard InChI is InChI=1S/C28H37ClN2O5/c1-19(2)15-31(16-20-13-23(29)27-25(14-20)35-11-6-12-36-27)28(32)22-9-10-30(18-22)17-21-7-5-8-24(33-3)26(21)34-4/h5,7-8,13-14,19,22H,6,9-12,15-18H2,1-4H3. The minimum atomic E-state index is -0.0452. The zero-order valence-corrected chi connectivity index (χ0v) is 22.5. The molecule has 4 rings (SSSR count). The molecule has 1 amide bonds. The number of ether oxygens (including phenoxy) is 4. The van der Waals surface area contributed by atoms with E-state index in [2.05, 4.69) is 24.8 Å². The van der Waals surface area contributed by atoms with Crippen LogP contribution in [0.4, 0.5) is 0 Å². The highest BCUT2D eigenvalue weighted by atomic mass is 35.5. The highest BCUT2D eigenvalue weighted by Gasteiger charge is 2.32. The molecule has 2 heterocycles. The predicted octanol–water partition coefficient (Wildman–Crippen LogP) is 5.03. The fourth-order valence-corrected chi connectivity index (χ4v) is 5.31. The molecule has 0 spiro atoms. The number of carbonyl (C=O) groups excluding carboxylic acids is 1. The molecule has 1 saturated heterocycles. The van der Waals surface area contributed by atoms with Gasteiger partial charge in [-0.05, 0) is 42.6 Å². The molecule has 7 nitrogen and oxygen atoms in total. The quantitative estimate of drug-likeness (QED) is 0.466. The highest BCUT2D eigenvalue weighted by molar-refractivity contribution is 6.32. The van der Waals surface area contributed by atoms with Crippen LogP contribution in [0.1, 0.15) is 37.8 Å². The van der Waals surface area contributed by atoms with E-state index in [1.54, 1.807) is 14.2 Å². The lowest BCUT2D eigenvalue weighted by Gasteiger charge is -2.28. The molecule has 8 heteroatoms. The van der Waals surface area contributed by atoms with Gasteiger partial charge in [0.15, 0.2) is 23.0 Å². The fourth-order valence-electron chi connectivity index (χ4n) is 5.02. The van der Waals surface area contributed by atoms with Crippen LogP contribution in [0.5, 0.6) is 23.0 Å². The van der Waals surface area contributed by atoms with Crippen molar-refractivity contribution in [3.05, 3.63) is 46.5 Å². The number of nitrogens with zero attached hydrogens (tertiary/aromatic N) is 2. The van der Waals surface area contributed by atoms with Crippen molar-refractivity contribution in [1.29, 1.82) is 0 Å². The molecule has 2 aliphatic heterocycles. The zero-order valence-electron chi connectivity index (χ0n) is 21.7. The third-order valence-corrected chi connectivity index (χ3v) is 6.91. The van der Waals surface area contributed by atoms with Crippen molar-refractivity contribution in [2.45, 2.75) is 39.8 Å². The Morgan fingerprint density at radius 2 is 2.00 bits per heavy atom. The summed E-state index contributed by atoms with van der Waals surface area (Å²) in [7, 11) is 3.30. The van der Waals surface area contributed by atoms with E-state index in [0.29, 0.717) is 55.3 Å². The Morgan fingerprint density at radius 3 is 2.75 bits per heavy atom. The van der Waals surface area contributed by atoms with Crippen molar-refractivity contribution >= 4 is 17.5 Å². The summed E-state index contributed by atoms with van der Waals surface area (Å²) in [6.45, 7) is 8.93. The summed E-state index contributed by atoms with van der Waals surface area (Å²) in [5, 5.41) is 0.528. The van der Waals surface area contributed by atoms with Crippen LogP contribution in [0.2, 0.25) is 5.02 Å². The van der Waals surface area contributed by atoms with Crippen LogP contribution in [0.15, 0.2) is 30.3 Å². The molecular weight excluding hydrogens is 480 g/mol. The number of halogens is 1. The maximum Gasteiger partial charge on any atom is 0.227 e. The number of amides is 1. The molecule has 0 radical (unpaired) electrons. The minimum Gasteiger partial charge on any atom is -0.493 e. The van der Waals surface area contributed by atoms with Crippen LogP contribution in [0.3, 0.4) is 0 Å². The Bertz CT molecular complexity index is 1060. The number of methoxy groups -OCH3 is 2. The maximum atomic E-state index is 13.7. The molecule has 1 fully saturated rings. The van der Waals surface area contributed by atoms with Gasteiger partial charge in [-0.15, -0.1) is 0 Å². The molecule has 196 valence electrons. The smallest absolute Gasteiger partial charge is 0.227 e. The van der Waals surface area contributed by atoms with Crippen molar-refractivity contribution in [3.63, 3.8) is 0 Å². The summed E-state index contributed by atoms with van der Waals surface area (Å²) in [4.78, 5) is 18.0. The summed E-state index contributed by atoms with van der Waals surface area (Å²) < 4.78 is 22.7. The lowest BCUT2D eigenvalue weighted by atomic mass is 10.0. The molecule has 2 aromatic rings. The Morgan fingerprint density at radius 1 is 1.19 bits per heavy atom. The van der Waals surface area contributed by atoms with Gasteiger partial charge in [-0.1, -0.05) is 37.6 Å². The van der Waals surface area contributed by atoms with Crippen molar-refractivity contribution in [1.82, 2.24) is 9.80 Å². The largest absolute Gasteiger partial charge is 0.493 e. The van der Waals surface area contributed by atoms with Crippen LogP contribution in [-0.2, 0) is 17.9 Å². The number of carbonyl (C=O) groups is 1. The van der Waals surface area contributed by atoms with Gasteiger partial charge in [0.05, 0.1) is 38.4 Å². The minimum absolute atomic E-state index is 0.0452. The van der Waals surface area contributed by atoms with Gasteiger partial charge >= 0.3 is 0 Å². The van der Waals surface area contributed by atoms with Gasteiger partial charge in [-0.3, -0.25) is 9.69 Å². The van der Waals surface area contributed by atoms with E-state index < -0.39 is 0 Å². The van der Waals surface area contributed by atoms with Crippen molar-refractivity contribution in [2.75, 3.05) is 47.1 Å². The van der Waals surface area contributed by atoms with E-state index in [1.165, 1.54) is 0 Å². The van der Waals surface area contributed by atoms with Crippen LogP contribution in [0, 0.1) is 11.8 Å². The lowest BCUT2D eigenvalue weighted by Crippen LogP contribution is -2.39. The molecular formula is C28H37ClN2O5. The van der Waals surface area contributed by atoms with E-state index in [1.807, 2.05) is 29.2 Å². The first-order valence-corrected chi connectivity index (χ1v) is 13.1. The second kappa shape index (κ2) is 12.1. The normalized spacial score (nSPS) is 17.7. The molecule has 2 aliphatic rings. The Balaban J connectivity index is 1.46. The Hall–Kier alpha value is -2.64. The number of hydrogen-bond acceptors (Lipinski definition) is 6. The highest BCUT2D eigenvalue weighted by Crippen LogP contribution is 2.38. The fraction of sp³-hybridized carbons (Fsp3) is 0.536. The van der Waals surface area contributed by atoms with Gasteiger partial charge in [0, 0.05) is 38.2 Å². The third kappa shape index (κ3) is 6.19. The predicted molar refractivity (Wildman–Crippen MR) is 140 cm³/mol. The van der Waals surface area contributed by atoms with Gasteiger partial charge in [0.25, 0.3) is 0 Å². The monoisotopic (exact) mass is 516 g/mol. The van der Waals surface area contributed by atoms with Crippen molar-refractivity contribution in [3.8, 4) is 23.0 Å². The average molecular weight is 517 g/mol. The second-order valence-corrected chi connectivity index (χ2v) is 10.3. The third-order valence-electron chi connectivity index (χ3n) is 6.63. The summed E-state index contributed by atoms with van der Waals surface area (Å²) in [5.74, 6) is 3.22. The van der Waals surface area contributed by atoms with Gasteiger partial charge in [-0.25, -0.2) is 0 Å². The maximum absolute atomic E-state index is 13.7. The molecule has 2 aromatic carbocycles. The Kier molecular flexibility index (Phi) is 8.86. The SMILES string of the molecule is COc1cccc(CN2CCC(C(=O)N(Cc3cc(Cl)c4c(c3)OCCCO4)CC(C)C)C2)c1OC. The number of likely N-dealkylation sites (tertiary alicyclic amines) is 1. The van der Waals surface area contributed by atoms with E-state index >= 15 is 0 Å². The zero-order chi connectivity index (χ0) is 25.7. The van der Waals surface area contributed by atoms with Crippen LogP contribution in [0.25, 0.3) is 0 Å². The first-order valence-electron chi connectivity index (χ1n) is 12.7. The Labute approximate surface area is 219 Å². The van der Waals surface area contributed by atoms with Gasteiger partial charge in [-0.2, -0.15) is 0 Å². The molecule has 0 bridgehead atoms. The van der Waals surface area contributed by atoms with E-state index in [4.69, 9.17) is 30.5 Å². The molecule has 0 aromatic heterocycles. The molecule has 0 N–H and O–H groups in total. The van der Waals surface area contributed by atoms with E-state index in [0.717, 1.165) is 48.6 Å². The first kappa shape index (κ1) is 26.4. The van der Waals surface area contributed by atoms with Crippen LogP contribution < -0.4 is 18.9 Å². The molecule has 0 saturated carbocycles. The van der Waals surface area contributed by atoms with Gasteiger partial charge < -0.3 is 23.8 Å². The van der Waals surface area contributed by atoms with Gasteiger partial charge in [0.2, 0.25) is 5.91 Å². The molecule has 0 aliphatic carbocycles. The topological polar surface area (TPSA) is 60.5 Å². The second-order valence-electron chi connectivity index (χ2n) is 9.94. The van der Waals surface area contributed by atoms with Crippen molar-refractivity contribution < 1.29 is 23.7 Å². The average Bonchev–Trinajstić information content (AvgIpc) is 3.18. The van der Waals surface area contributed by atoms with E-state index in [9.17, 15) is 4.79 Å². The number of rotatable bonds is 9. The van der Waals surface area contributed by atoms with Crippen molar-refractivity contribution in [2.24, 2.45) is 11.8 Å². The number of hydrogen-bond donors (Lipinski definition) is 0. The summed E-state index contributed by atoms with van der Waals surface area (Å²) >= 11 is 6.52. The number of para-hydroxylation sites is 1. The van der Waals surface area contributed by atoms with Crippen LogP contribution >= 0.6 is 11.6 Å². The molecule has 1 unspecified atom stereocenters. The number of fused-ring (bicyclic) bond motifs is 1.